The van der Waals surface area contributed by atoms with Crippen LogP contribution in [0.2, 0.25) is 0 Å². The second-order valence-electron chi connectivity index (χ2n) is 7.89. The third kappa shape index (κ3) is 5.33. The highest BCUT2D eigenvalue weighted by Gasteiger charge is 2.25. The van der Waals surface area contributed by atoms with Crippen molar-refractivity contribution in [2.24, 2.45) is 12.0 Å². The van der Waals surface area contributed by atoms with Crippen LogP contribution >= 0.6 is 0 Å². The Kier molecular flexibility index (Phi) is 6.99. The summed E-state index contributed by atoms with van der Waals surface area (Å²) in [5.41, 5.74) is 3.79. The van der Waals surface area contributed by atoms with Gasteiger partial charge in [-0.05, 0) is 17.5 Å². The van der Waals surface area contributed by atoms with Crippen LogP contribution < -0.4 is 5.32 Å². The summed E-state index contributed by atoms with van der Waals surface area (Å²) in [5.74, 6) is 1.28. The molecule has 0 saturated carbocycles. The zero-order valence-corrected chi connectivity index (χ0v) is 18.3. The van der Waals surface area contributed by atoms with E-state index in [9.17, 15) is 0 Å². The van der Waals surface area contributed by atoms with Gasteiger partial charge in [0.25, 0.3) is 0 Å². The number of rotatable bonds is 6. The SMILES string of the molecule is CN=C(NCCC(c1ccccc1)c1ccccc1)N1CCOC(c2cnn(C)c2)C1. The molecule has 162 valence electrons. The largest absolute Gasteiger partial charge is 0.370 e. The Morgan fingerprint density at radius 1 is 1.13 bits per heavy atom. The fourth-order valence-corrected chi connectivity index (χ4v) is 4.21. The average molecular weight is 418 g/mol. The van der Waals surface area contributed by atoms with Crippen molar-refractivity contribution in [1.29, 1.82) is 0 Å². The quantitative estimate of drug-likeness (QED) is 0.492. The van der Waals surface area contributed by atoms with Gasteiger partial charge in [-0.3, -0.25) is 9.67 Å². The Morgan fingerprint density at radius 3 is 2.39 bits per heavy atom. The highest BCUT2D eigenvalue weighted by atomic mass is 16.5. The van der Waals surface area contributed by atoms with Gasteiger partial charge < -0.3 is 15.0 Å². The highest BCUT2D eigenvalue weighted by molar-refractivity contribution is 5.80. The van der Waals surface area contributed by atoms with Crippen molar-refractivity contribution >= 4 is 5.96 Å². The van der Waals surface area contributed by atoms with Gasteiger partial charge in [-0.25, -0.2) is 0 Å². The molecule has 2 aromatic carbocycles. The monoisotopic (exact) mass is 417 g/mol. The molecule has 2 heterocycles. The molecule has 1 unspecified atom stereocenters. The Hall–Kier alpha value is -3.12. The Balaban J connectivity index is 1.39. The standard InChI is InChI=1S/C25H31N5O/c1-26-25(30-15-16-31-24(19-30)22-17-28-29(2)18-22)27-14-13-23(20-9-5-3-6-10-20)21-11-7-4-8-12-21/h3-12,17-18,23-24H,13-16,19H2,1-2H3,(H,26,27). The lowest BCUT2D eigenvalue weighted by Crippen LogP contribution is -2.48. The summed E-state index contributed by atoms with van der Waals surface area (Å²) in [7, 11) is 3.78. The second-order valence-corrected chi connectivity index (χ2v) is 7.89. The number of nitrogens with one attached hydrogen (secondary N) is 1. The van der Waals surface area contributed by atoms with Crippen LogP contribution in [0.25, 0.3) is 0 Å². The molecule has 31 heavy (non-hydrogen) atoms. The van der Waals surface area contributed by atoms with Crippen LogP contribution in [0.4, 0.5) is 0 Å². The van der Waals surface area contributed by atoms with Gasteiger partial charge in [0, 0.05) is 44.9 Å². The van der Waals surface area contributed by atoms with Crippen molar-refractivity contribution in [2.45, 2.75) is 18.4 Å². The van der Waals surface area contributed by atoms with Gasteiger partial charge in [0.05, 0.1) is 19.3 Å². The molecule has 0 radical (unpaired) electrons. The lowest BCUT2D eigenvalue weighted by atomic mass is 9.88. The van der Waals surface area contributed by atoms with Gasteiger partial charge in [0.1, 0.15) is 6.10 Å². The number of ether oxygens (including phenoxy) is 1. The smallest absolute Gasteiger partial charge is 0.193 e. The molecule has 4 rings (SSSR count). The van der Waals surface area contributed by atoms with Crippen LogP contribution in [-0.2, 0) is 11.8 Å². The van der Waals surface area contributed by atoms with Gasteiger partial charge in [-0.2, -0.15) is 5.10 Å². The number of benzene rings is 2. The number of aryl methyl sites for hydroxylation is 1. The van der Waals surface area contributed by atoms with E-state index in [1.165, 1.54) is 11.1 Å². The van der Waals surface area contributed by atoms with Crippen molar-refractivity contribution in [1.82, 2.24) is 20.0 Å². The average Bonchev–Trinajstić information content (AvgIpc) is 3.27. The van der Waals surface area contributed by atoms with Gasteiger partial charge in [-0.15, -0.1) is 0 Å². The summed E-state index contributed by atoms with van der Waals surface area (Å²) < 4.78 is 7.80. The summed E-state index contributed by atoms with van der Waals surface area (Å²) in [6.07, 6.45) is 4.91. The molecule has 1 atom stereocenters. The summed E-state index contributed by atoms with van der Waals surface area (Å²) >= 11 is 0. The number of hydrogen-bond acceptors (Lipinski definition) is 3. The summed E-state index contributed by atoms with van der Waals surface area (Å²) in [5, 5.41) is 7.87. The Bertz CT molecular complexity index is 930. The minimum atomic E-state index is 0.0161. The first-order chi connectivity index (χ1) is 15.2. The van der Waals surface area contributed by atoms with Gasteiger partial charge in [-0.1, -0.05) is 60.7 Å². The molecule has 0 amide bonds. The maximum Gasteiger partial charge on any atom is 0.193 e. The van der Waals surface area contributed by atoms with E-state index < -0.39 is 0 Å². The number of nitrogens with zero attached hydrogens (tertiary/aromatic N) is 4. The summed E-state index contributed by atoms with van der Waals surface area (Å²) in [6.45, 7) is 3.12. The zero-order valence-electron chi connectivity index (χ0n) is 18.3. The van der Waals surface area contributed by atoms with Crippen molar-refractivity contribution in [3.05, 3.63) is 89.7 Å². The van der Waals surface area contributed by atoms with E-state index in [0.29, 0.717) is 12.5 Å². The van der Waals surface area contributed by atoms with Crippen LogP contribution in [0, 0.1) is 0 Å². The predicted octanol–water partition coefficient (Wildman–Crippen LogP) is 3.59. The van der Waals surface area contributed by atoms with Crippen molar-refractivity contribution in [2.75, 3.05) is 33.3 Å². The first-order valence-electron chi connectivity index (χ1n) is 10.9. The van der Waals surface area contributed by atoms with E-state index >= 15 is 0 Å². The van der Waals surface area contributed by atoms with Crippen molar-refractivity contribution < 1.29 is 4.74 Å². The molecule has 1 saturated heterocycles. The molecule has 1 aliphatic rings. The fraction of sp³-hybridized carbons (Fsp3) is 0.360. The maximum atomic E-state index is 5.98. The topological polar surface area (TPSA) is 54.7 Å². The van der Waals surface area contributed by atoms with E-state index in [0.717, 1.165) is 37.6 Å². The number of aliphatic imine (C=N–C) groups is 1. The molecule has 1 aliphatic heterocycles. The molecule has 3 aromatic rings. The van der Waals surface area contributed by atoms with Crippen LogP contribution in [0.15, 0.2) is 78.0 Å². The molecular weight excluding hydrogens is 386 g/mol. The van der Waals surface area contributed by atoms with Gasteiger partial charge >= 0.3 is 0 Å². The number of guanidine groups is 1. The third-order valence-corrected chi connectivity index (χ3v) is 5.79. The normalized spacial score (nSPS) is 17.2. The predicted molar refractivity (Wildman–Crippen MR) is 124 cm³/mol. The number of morpholine rings is 1. The van der Waals surface area contributed by atoms with E-state index in [2.05, 4.69) is 81.0 Å². The van der Waals surface area contributed by atoms with Crippen LogP contribution in [0.1, 0.15) is 35.1 Å². The van der Waals surface area contributed by atoms with Crippen LogP contribution in [0.5, 0.6) is 0 Å². The van der Waals surface area contributed by atoms with E-state index in [4.69, 9.17) is 4.74 Å². The lowest BCUT2D eigenvalue weighted by molar-refractivity contribution is -0.00802. The first kappa shape index (κ1) is 21.1. The van der Waals surface area contributed by atoms with E-state index in [-0.39, 0.29) is 6.10 Å². The molecular formula is C25H31N5O. The molecule has 6 heteroatoms. The van der Waals surface area contributed by atoms with Gasteiger partial charge in [0.2, 0.25) is 0 Å². The molecule has 1 aromatic heterocycles. The molecule has 1 N–H and O–H groups in total. The zero-order chi connectivity index (χ0) is 21.5. The highest BCUT2D eigenvalue weighted by Crippen LogP contribution is 2.27. The third-order valence-electron chi connectivity index (χ3n) is 5.79. The Labute approximate surface area is 184 Å². The first-order valence-corrected chi connectivity index (χ1v) is 10.9. The second kappa shape index (κ2) is 10.3. The minimum Gasteiger partial charge on any atom is -0.370 e. The van der Waals surface area contributed by atoms with E-state index in [1.54, 1.807) is 0 Å². The number of hydrogen-bond donors (Lipinski definition) is 1. The van der Waals surface area contributed by atoms with Crippen LogP contribution in [-0.4, -0.2) is 53.9 Å². The Morgan fingerprint density at radius 2 is 1.81 bits per heavy atom. The molecule has 6 nitrogen and oxygen atoms in total. The maximum absolute atomic E-state index is 5.98. The molecule has 0 spiro atoms. The summed E-state index contributed by atoms with van der Waals surface area (Å²) in [4.78, 5) is 6.82. The number of aromatic nitrogens is 2. The minimum absolute atomic E-state index is 0.0161. The lowest BCUT2D eigenvalue weighted by Gasteiger charge is -2.35. The van der Waals surface area contributed by atoms with Crippen LogP contribution in [0.3, 0.4) is 0 Å². The van der Waals surface area contributed by atoms with Gasteiger partial charge in [0.15, 0.2) is 5.96 Å². The van der Waals surface area contributed by atoms with Crippen molar-refractivity contribution in [3.8, 4) is 0 Å². The molecule has 1 fully saturated rings. The van der Waals surface area contributed by atoms with E-state index in [1.807, 2.05) is 31.2 Å². The molecule has 0 bridgehead atoms. The van der Waals surface area contributed by atoms with Crippen molar-refractivity contribution in [3.63, 3.8) is 0 Å². The molecule has 0 aliphatic carbocycles. The fourth-order valence-electron chi connectivity index (χ4n) is 4.21. The summed E-state index contributed by atoms with van der Waals surface area (Å²) in [6, 6.07) is 21.5.